The predicted octanol–water partition coefficient (Wildman–Crippen LogP) is 9.61. The van der Waals surface area contributed by atoms with Crippen LogP contribution in [-0.2, 0) is 0 Å². The number of aromatic nitrogens is 3. The Morgan fingerprint density at radius 2 is 0.523 bits per heavy atom. The summed E-state index contributed by atoms with van der Waals surface area (Å²) >= 11 is 0. The molecule has 1 heterocycles. The molecule has 0 bridgehead atoms. The van der Waals surface area contributed by atoms with Crippen LogP contribution >= 0.6 is 0 Å². The van der Waals surface area contributed by atoms with Crippen molar-refractivity contribution < 1.29 is 0 Å². The van der Waals surface area contributed by atoms with E-state index in [0.29, 0.717) is 17.5 Å². The van der Waals surface area contributed by atoms with Gasteiger partial charge in [0.1, 0.15) is 0 Å². The van der Waals surface area contributed by atoms with Gasteiger partial charge >= 0.3 is 0 Å². The zero-order valence-electron chi connectivity index (χ0n) is 23.9. The first-order valence-corrected chi connectivity index (χ1v) is 14.5. The SMILES string of the molecule is C(#Cc1ccc(-c2nc(-c3ccc(-c4ccccc4)cc3)nc(-c3ccc(-c4ccccc4)cc3)n2)cc1)c1ccccc1. The summed E-state index contributed by atoms with van der Waals surface area (Å²) in [4.78, 5) is 14.8. The van der Waals surface area contributed by atoms with Crippen molar-refractivity contribution in [3.8, 4) is 68.3 Å². The van der Waals surface area contributed by atoms with Crippen LogP contribution in [0.2, 0.25) is 0 Å². The van der Waals surface area contributed by atoms with Crippen LogP contribution in [0.3, 0.4) is 0 Å². The van der Waals surface area contributed by atoms with Crippen LogP contribution in [0.5, 0.6) is 0 Å². The molecule has 0 aliphatic carbocycles. The fourth-order valence-electron chi connectivity index (χ4n) is 5.02. The van der Waals surface area contributed by atoms with E-state index in [9.17, 15) is 0 Å². The normalized spacial score (nSPS) is 10.5. The fourth-order valence-corrected chi connectivity index (χ4v) is 5.02. The smallest absolute Gasteiger partial charge is 0.164 e. The average Bonchev–Trinajstić information content (AvgIpc) is 3.12. The van der Waals surface area contributed by atoms with Gasteiger partial charge in [0.05, 0.1) is 0 Å². The maximum absolute atomic E-state index is 4.94. The van der Waals surface area contributed by atoms with Crippen LogP contribution in [-0.4, -0.2) is 15.0 Å². The summed E-state index contributed by atoms with van der Waals surface area (Å²) < 4.78 is 0. The highest BCUT2D eigenvalue weighted by Crippen LogP contribution is 2.28. The third-order valence-corrected chi connectivity index (χ3v) is 7.40. The quantitative estimate of drug-likeness (QED) is 0.196. The second-order valence-electron chi connectivity index (χ2n) is 10.4. The molecular weight excluding hydrogens is 534 g/mol. The van der Waals surface area contributed by atoms with Gasteiger partial charge in [0.15, 0.2) is 17.5 Å². The Hall–Kier alpha value is -6.11. The number of benzene rings is 6. The lowest BCUT2D eigenvalue weighted by Crippen LogP contribution is -2.00. The molecule has 0 aliphatic heterocycles. The molecule has 0 fully saturated rings. The van der Waals surface area contributed by atoms with Crippen LogP contribution in [0, 0.1) is 11.8 Å². The Morgan fingerprint density at radius 1 is 0.250 bits per heavy atom. The number of hydrogen-bond acceptors (Lipinski definition) is 3. The van der Waals surface area contributed by atoms with Gasteiger partial charge in [0.2, 0.25) is 0 Å². The average molecular weight is 562 g/mol. The molecule has 0 spiro atoms. The van der Waals surface area contributed by atoms with Gasteiger partial charge in [-0.2, -0.15) is 0 Å². The molecule has 7 aromatic rings. The fraction of sp³-hybridized carbons (Fsp3) is 0. The van der Waals surface area contributed by atoms with Crippen LogP contribution in [0.4, 0.5) is 0 Å². The van der Waals surface area contributed by atoms with Crippen LogP contribution in [0.25, 0.3) is 56.4 Å². The first-order chi connectivity index (χ1) is 21.8. The molecule has 1 aromatic heterocycles. The van der Waals surface area contributed by atoms with E-state index in [1.54, 1.807) is 0 Å². The van der Waals surface area contributed by atoms with Crippen molar-refractivity contribution in [1.29, 1.82) is 0 Å². The van der Waals surface area contributed by atoms with Gasteiger partial charge in [-0.3, -0.25) is 0 Å². The molecule has 3 heteroatoms. The van der Waals surface area contributed by atoms with Crippen molar-refractivity contribution in [1.82, 2.24) is 15.0 Å². The molecule has 7 rings (SSSR count). The van der Waals surface area contributed by atoms with Crippen molar-refractivity contribution in [2.45, 2.75) is 0 Å². The zero-order chi connectivity index (χ0) is 29.6. The summed E-state index contributed by atoms with van der Waals surface area (Å²) in [6, 6.07) is 55.5. The van der Waals surface area contributed by atoms with Crippen molar-refractivity contribution in [3.63, 3.8) is 0 Å². The first-order valence-electron chi connectivity index (χ1n) is 14.5. The minimum Gasteiger partial charge on any atom is -0.208 e. The van der Waals surface area contributed by atoms with Gasteiger partial charge in [-0.1, -0.05) is 139 Å². The standard InChI is InChI=1S/C41H27N3/c1-4-10-30(11-5-1)16-17-31-18-20-36(21-19-31)39-42-40(37-26-22-34(23-27-37)32-12-6-2-7-13-32)44-41(43-39)38-28-24-35(25-29-38)33-14-8-3-9-15-33/h1-15,18-29H. The summed E-state index contributed by atoms with van der Waals surface area (Å²) in [5.74, 6) is 8.35. The maximum Gasteiger partial charge on any atom is 0.164 e. The Morgan fingerprint density at radius 3 is 0.909 bits per heavy atom. The summed E-state index contributed by atoms with van der Waals surface area (Å²) in [5.41, 5.74) is 9.32. The molecule has 0 amide bonds. The second-order valence-corrected chi connectivity index (χ2v) is 10.4. The molecule has 0 saturated heterocycles. The number of rotatable bonds is 5. The van der Waals surface area contributed by atoms with Crippen LogP contribution in [0.1, 0.15) is 11.1 Å². The Labute approximate surface area is 257 Å². The highest BCUT2D eigenvalue weighted by atomic mass is 15.0. The third kappa shape index (κ3) is 6.06. The van der Waals surface area contributed by atoms with Crippen molar-refractivity contribution in [2.24, 2.45) is 0 Å². The van der Waals surface area contributed by atoms with Crippen molar-refractivity contribution in [3.05, 3.63) is 175 Å². The van der Waals surface area contributed by atoms with Gasteiger partial charge in [0.25, 0.3) is 0 Å². The molecular formula is C41H27N3. The lowest BCUT2D eigenvalue weighted by atomic mass is 10.0. The minimum absolute atomic E-state index is 0.617. The largest absolute Gasteiger partial charge is 0.208 e. The Balaban J connectivity index is 1.26. The van der Waals surface area contributed by atoms with E-state index in [4.69, 9.17) is 15.0 Å². The van der Waals surface area contributed by atoms with Crippen LogP contribution in [0.15, 0.2) is 164 Å². The molecule has 0 atom stereocenters. The lowest BCUT2D eigenvalue weighted by Gasteiger charge is -2.10. The van der Waals surface area contributed by atoms with E-state index in [2.05, 4.69) is 109 Å². The van der Waals surface area contributed by atoms with Gasteiger partial charge in [-0.15, -0.1) is 0 Å². The van der Waals surface area contributed by atoms with Gasteiger partial charge in [-0.05, 0) is 58.7 Å². The van der Waals surface area contributed by atoms with Gasteiger partial charge in [0, 0.05) is 27.8 Å². The second kappa shape index (κ2) is 12.4. The maximum atomic E-state index is 4.94. The van der Waals surface area contributed by atoms with Gasteiger partial charge < -0.3 is 0 Å². The van der Waals surface area contributed by atoms with E-state index in [1.807, 2.05) is 66.7 Å². The summed E-state index contributed by atoms with van der Waals surface area (Å²) in [6.45, 7) is 0. The minimum atomic E-state index is 0.617. The lowest BCUT2D eigenvalue weighted by molar-refractivity contribution is 1.07. The summed E-state index contributed by atoms with van der Waals surface area (Å²) in [7, 11) is 0. The Bertz CT molecular complexity index is 1960. The van der Waals surface area contributed by atoms with Crippen molar-refractivity contribution in [2.75, 3.05) is 0 Å². The predicted molar refractivity (Wildman–Crippen MR) is 179 cm³/mol. The molecule has 44 heavy (non-hydrogen) atoms. The number of hydrogen-bond donors (Lipinski definition) is 0. The highest BCUT2D eigenvalue weighted by molar-refractivity contribution is 5.72. The van der Waals surface area contributed by atoms with Gasteiger partial charge in [-0.25, -0.2) is 15.0 Å². The molecule has 0 aliphatic rings. The topological polar surface area (TPSA) is 38.7 Å². The Kier molecular flexibility index (Phi) is 7.55. The molecule has 206 valence electrons. The van der Waals surface area contributed by atoms with E-state index in [1.165, 1.54) is 11.1 Å². The van der Waals surface area contributed by atoms with Crippen molar-refractivity contribution >= 4 is 0 Å². The summed E-state index contributed by atoms with van der Waals surface area (Å²) in [6.07, 6.45) is 0. The van der Waals surface area contributed by atoms with E-state index >= 15 is 0 Å². The molecule has 0 saturated carbocycles. The van der Waals surface area contributed by atoms with Crippen LogP contribution < -0.4 is 0 Å². The van der Waals surface area contributed by atoms with E-state index < -0.39 is 0 Å². The monoisotopic (exact) mass is 561 g/mol. The zero-order valence-corrected chi connectivity index (χ0v) is 23.9. The molecule has 6 aromatic carbocycles. The van der Waals surface area contributed by atoms with E-state index in [-0.39, 0.29) is 0 Å². The molecule has 0 unspecified atom stereocenters. The molecule has 3 nitrogen and oxygen atoms in total. The first kappa shape index (κ1) is 26.8. The molecule has 0 N–H and O–H groups in total. The molecule has 0 radical (unpaired) electrons. The van der Waals surface area contributed by atoms with E-state index in [0.717, 1.165) is 38.9 Å². The highest BCUT2D eigenvalue weighted by Gasteiger charge is 2.13. The third-order valence-electron chi connectivity index (χ3n) is 7.40. The summed E-state index contributed by atoms with van der Waals surface area (Å²) in [5, 5.41) is 0. The number of nitrogens with zero attached hydrogens (tertiary/aromatic N) is 3.